The van der Waals surface area contributed by atoms with Crippen molar-refractivity contribution in [2.75, 3.05) is 18.8 Å². The molecule has 1 saturated heterocycles. The Labute approximate surface area is 167 Å². The van der Waals surface area contributed by atoms with Gasteiger partial charge in [-0.15, -0.1) is 0 Å². The molecule has 0 atom stereocenters. The van der Waals surface area contributed by atoms with Crippen LogP contribution < -0.4 is 11.1 Å². The van der Waals surface area contributed by atoms with Crippen LogP contribution in [-0.4, -0.2) is 41.6 Å². The SMILES string of the molecule is CC(C)(C)OC(=O)N1CCC(c2cc(N)cc(C(=O)NC3CCCC3)c2)CC1. The molecule has 2 aliphatic rings. The van der Waals surface area contributed by atoms with Crippen molar-refractivity contribution in [3.05, 3.63) is 29.3 Å². The summed E-state index contributed by atoms with van der Waals surface area (Å²) in [4.78, 5) is 26.6. The zero-order valence-electron chi connectivity index (χ0n) is 17.3. The lowest BCUT2D eigenvalue weighted by atomic mass is 9.88. The zero-order chi connectivity index (χ0) is 20.3. The fraction of sp³-hybridized carbons (Fsp3) is 0.636. The van der Waals surface area contributed by atoms with Gasteiger partial charge in [0.05, 0.1) is 0 Å². The second kappa shape index (κ2) is 8.41. The van der Waals surface area contributed by atoms with Crippen molar-refractivity contribution in [3.8, 4) is 0 Å². The van der Waals surface area contributed by atoms with E-state index >= 15 is 0 Å². The third kappa shape index (κ3) is 5.40. The van der Waals surface area contributed by atoms with Gasteiger partial charge in [-0.05, 0) is 76.1 Å². The van der Waals surface area contributed by atoms with Crippen LogP contribution in [0.2, 0.25) is 0 Å². The molecular formula is C22H33N3O3. The maximum absolute atomic E-state index is 12.6. The van der Waals surface area contributed by atoms with Gasteiger partial charge in [-0.3, -0.25) is 4.79 Å². The third-order valence-electron chi connectivity index (χ3n) is 5.55. The number of anilines is 1. The van der Waals surface area contributed by atoms with Gasteiger partial charge in [0.25, 0.3) is 5.91 Å². The lowest BCUT2D eigenvalue weighted by Gasteiger charge is -2.33. The molecule has 0 unspecified atom stereocenters. The smallest absolute Gasteiger partial charge is 0.410 e. The molecule has 1 aromatic rings. The predicted octanol–water partition coefficient (Wildman–Crippen LogP) is 4.06. The van der Waals surface area contributed by atoms with Crippen molar-refractivity contribution in [3.63, 3.8) is 0 Å². The van der Waals surface area contributed by atoms with Gasteiger partial charge < -0.3 is 20.7 Å². The predicted molar refractivity (Wildman–Crippen MR) is 110 cm³/mol. The Kier molecular flexibility index (Phi) is 6.16. The number of carbonyl (C=O) groups is 2. The van der Waals surface area contributed by atoms with Gasteiger partial charge >= 0.3 is 6.09 Å². The van der Waals surface area contributed by atoms with E-state index in [-0.39, 0.29) is 18.0 Å². The molecule has 0 spiro atoms. The second-order valence-electron chi connectivity index (χ2n) is 9.08. The summed E-state index contributed by atoms with van der Waals surface area (Å²) in [7, 11) is 0. The third-order valence-corrected chi connectivity index (χ3v) is 5.55. The van der Waals surface area contributed by atoms with E-state index in [0.717, 1.165) is 31.2 Å². The van der Waals surface area contributed by atoms with Crippen LogP contribution in [0.5, 0.6) is 0 Å². The summed E-state index contributed by atoms with van der Waals surface area (Å²) in [6.07, 6.45) is 5.91. The molecule has 154 valence electrons. The van der Waals surface area contributed by atoms with E-state index in [1.807, 2.05) is 32.9 Å². The molecule has 6 heteroatoms. The number of benzene rings is 1. The number of rotatable bonds is 3. The Balaban J connectivity index is 1.62. The van der Waals surface area contributed by atoms with Gasteiger partial charge in [0, 0.05) is 30.4 Å². The molecule has 0 radical (unpaired) electrons. The summed E-state index contributed by atoms with van der Waals surface area (Å²) in [5.41, 5.74) is 7.94. The highest BCUT2D eigenvalue weighted by molar-refractivity contribution is 5.95. The van der Waals surface area contributed by atoms with Crippen LogP contribution in [0, 0.1) is 0 Å². The Morgan fingerprint density at radius 1 is 1.07 bits per heavy atom. The first-order chi connectivity index (χ1) is 13.2. The molecule has 28 heavy (non-hydrogen) atoms. The van der Waals surface area contributed by atoms with Crippen molar-refractivity contribution in [2.45, 2.75) is 76.9 Å². The fourth-order valence-electron chi connectivity index (χ4n) is 4.10. The number of nitrogens with two attached hydrogens (primary N) is 1. The Hall–Kier alpha value is -2.24. The van der Waals surface area contributed by atoms with E-state index in [2.05, 4.69) is 5.32 Å². The van der Waals surface area contributed by atoms with E-state index in [0.29, 0.717) is 30.3 Å². The van der Waals surface area contributed by atoms with E-state index < -0.39 is 5.60 Å². The van der Waals surface area contributed by atoms with Crippen molar-refractivity contribution >= 4 is 17.7 Å². The number of ether oxygens (including phenoxy) is 1. The van der Waals surface area contributed by atoms with Gasteiger partial charge in [-0.1, -0.05) is 12.8 Å². The van der Waals surface area contributed by atoms with Gasteiger partial charge in [-0.25, -0.2) is 4.79 Å². The minimum atomic E-state index is -0.483. The molecule has 0 aromatic heterocycles. The largest absolute Gasteiger partial charge is 0.444 e. The van der Waals surface area contributed by atoms with Crippen LogP contribution in [0.25, 0.3) is 0 Å². The zero-order valence-corrected chi connectivity index (χ0v) is 17.3. The number of amides is 2. The Morgan fingerprint density at radius 3 is 2.32 bits per heavy atom. The second-order valence-corrected chi connectivity index (χ2v) is 9.08. The van der Waals surface area contributed by atoms with E-state index in [4.69, 9.17) is 10.5 Å². The number of nitrogens with zero attached hydrogens (tertiary/aromatic N) is 1. The summed E-state index contributed by atoms with van der Waals surface area (Å²) in [5.74, 6) is 0.256. The van der Waals surface area contributed by atoms with Crippen LogP contribution in [0.1, 0.15) is 81.1 Å². The minimum Gasteiger partial charge on any atom is -0.444 e. The first-order valence-corrected chi connectivity index (χ1v) is 10.4. The molecule has 1 saturated carbocycles. The summed E-state index contributed by atoms with van der Waals surface area (Å²) >= 11 is 0. The summed E-state index contributed by atoms with van der Waals surface area (Å²) in [5, 5.41) is 3.13. The van der Waals surface area contributed by atoms with Gasteiger partial charge in [0.1, 0.15) is 5.60 Å². The molecule has 1 aliphatic carbocycles. The quantitative estimate of drug-likeness (QED) is 0.766. The molecule has 3 rings (SSSR count). The minimum absolute atomic E-state index is 0.0355. The van der Waals surface area contributed by atoms with E-state index in [1.54, 1.807) is 11.0 Å². The van der Waals surface area contributed by atoms with Gasteiger partial charge in [0.15, 0.2) is 0 Å². The lowest BCUT2D eigenvalue weighted by molar-refractivity contribution is 0.0205. The average molecular weight is 388 g/mol. The molecule has 1 heterocycles. The normalized spacial score (nSPS) is 18.9. The highest BCUT2D eigenvalue weighted by Gasteiger charge is 2.28. The number of hydrogen-bond donors (Lipinski definition) is 2. The van der Waals surface area contributed by atoms with Crippen LogP contribution in [0.4, 0.5) is 10.5 Å². The van der Waals surface area contributed by atoms with Crippen LogP contribution in [0.15, 0.2) is 18.2 Å². The first kappa shape index (κ1) is 20.5. The molecule has 1 aromatic carbocycles. The summed E-state index contributed by atoms with van der Waals surface area (Å²) in [6, 6.07) is 5.97. The number of nitrogen functional groups attached to an aromatic ring is 1. The summed E-state index contributed by atoms with van der Waals surface area (Å²) < 4.78 is 5.47. The molecule has 1 aliphatic heterocycles. The highest BCUT2D eigenvalue weighted by atomic mass is 16.6. The monoisotopic (exact) mass is 387 g/mol. The Bertz CT molecular complexity index is 712. The topological polar surface area (TPSA) is 84.7 Å². The standard InChI is InChI=1S/C22H33N3O3/c1-22(2,3)28-21(27)25-10-8-15(9-11-25)16-12-17(14-18(23)13-16)20(26)24-19-6-4-5-7-19/h12-15,19H,4-11,23H2,1-3H3,(H,24,26). The molecule has 2 fully saturated rings. The molecular weight excluding hydrogens is 354 g/mol. The van der Waals surface area contributed by atoms with Gasteiger partial charge in [0.2, 0.25) is 0 Å². The Morgan fingerprint density at radius 2 is 1.71 bits per heavy atom. The molecule has 2 amide bonds. The summed E-state index contributed by atoms with van der Waals surface area (Å²) in [6.45, 7) is 6.93. The fourth-order valence-corrected chi connectivity index (χ4v) is 4.10. The molecule has 3 N–H and O–H groups in total. The number of nitrogens with one attached hydrogen (secondary N) is 1. The highest BCUT2D eigenvalue weighted by Crippen LogP contribution is 2.31. The first-order valence-electron chi connectivity index (χ1n) is 10.4. The van der Waals surface area contributed by atoms with Crippen LogP contribution in [-0.2, 0) is 4.74 Å². The van der Waals surface area contributed by atoms with Gasteiger partial charge in [-0.2, -0.15) is 0 Å². The van der Waals surface area contributed by atoms with Crippen molar-refractivity contribution in [2.24, 2.45) is 0 Å². The lowest BCUT2D eigenvalue weighted by Crippen LogP contribution is -2.41. The molecule has 0 bridgehead atoms. The van der Waals surface area contributed by atoms with E-state index in [1.165, 1.54) is 12.8 Å². The number of hydrogen-bond acceptors (Lipinski definition) is 4. The van der Waals surface area contributed by atoms with Crippen molar-refractivity contribution in [1.82, 2.24) is 10.2 Å². The molecule has 6 nitrogen and oxygen atoms in total. The average Bonchev–Trinajstić information content (AvgIpc) is 3.13. The van der Waals surface area contributed by atoms with Crippen molar-refractivity contribution < 1.29 is 14.3 Å². The van der Waals surface area contributed by atoms with Crippen molar-refractivity contribution in [1.29, 1.82) is 0 Å². The number of likely N-dealkylation sites (tertiary alicyclic amines) is 1. The van der Waals surface area contributed by atoms with E-state index in [9.17, 15) is 9.59 Å². The number of piperidine rings is 1. The maximum atomic E-state index is 12.6. The van der Waals surface area contributed by atoms with Crippen LogP contribution in [0.3, 0.4) is 0 Å². The number of carbonyl (C=O) groups excluding carboxylic acids is 2. The maximum Gasteiger partial charge on any atom is 0.410 e. The van der Waals surface area contributed by atoms with Crippen LogP contribution >= 0.6 is 0 Å².